The standard InChI is InChI=1S/C15H20N6O2/c1-10-6-5-7-11(2)14(10)17-13(22)9-21-8-12(18-19-21)16-15(23)20(3)4/h5-8H,9H2,1-4H3,(H,16,23)(H,17,22). The smallest absolute Gasteiger partial charge is 0.322 e. The summed E-state index contributed by atoms with van der Waals surface area (Å²) in [5.41, 5.74) is 2.80. The summed E-state index contributed by atoms with van der Waals surface area (Å²) in [6.07, 6.45) is 1.51. The van der Waals surface area contributed by atoms with Gasteiger partial charge in [0, 0.05) is 19.8 Å². The minimum Gasteiger partial charge on any atom is -0.331 e. The summed E-state index contributed by atoms with van der Waals surface area (Å²) in [6.45, 7) is 3.89. The van der Waals surface area contributed by atoms with E-state index in [9.17, 15) is 9.59 Å². The SMILES string of the molecule is Cc1cccc(C)c1NC(=O)Cn1cc(NC(=O)N(C)C)nn1. The number of hydrogen-bond acceptors (Lipinski definition) is 4. The van der Waals surface area contributed by atoms with Crippen molar-refractivity contribution >= 4 is 23.4 Å². The number of carbonyl (C=O) groups is 2. The largest absolute Gasteiger partial charge is 0.331 e. The highest BCUT2D eigenvalue weighted by molar-refractivity contribution is 5.92. The fraction of sp³-hybridized carbons (Fsp3) is 0.333. The monoisotopic (exact) mass is 316 g/mol. The number of urea groups is 1. The Balaban J connectivity index is 1.98. The van der Waals surface area contributed by atoms with Gasteiger partial charge in [0.15, 0.2) is 5.82 Å². The zero-order valence-corrected chi connectivity index (χ0v) is 13.6. The van der Waals surface area contributed by atoms with Crippen molar-refractivity contribution in [2.45, 2.75) is 20.4 Å². The Bertz CT molecular complexity index is 702. The van der Waals surface area contributed by atoms with Crippen LogP contribution < -0.4 is 10.6 Å². The van der Waals surface area contributed by atoms with Crippen LogP contribution in [0.25, 0.3) is 0 Å². The van der Waals surface area contributed by atoms with Gasteiger partial charge in [0.05, 0.1) is 6.20 Å². The molecule has 2 aromatic rings. The van der Waals surface area contributed by atoms with Gasteiger partial charge in [0.25, 0.3) is 0 Å². The fourth-order valence-corrected chi connectivity index (χ4v) is 1.99. The number of aromatic nitrogens is 3. The average molecular weight is 316 g/mol. The van der Waals surface area contributed by atoms with Gasteiger partial charge in [-0.3, -0.25) is 10.1 Å². The van der Waals surface area contributed by atoms with Crippen LogP contribution in [0.1, 0.15) is 11.1 Å². The lowest BCUT2D eigenvalue weighted by molar-refractivity contribution is -0.116. The van der Waals surface area contributed by atoms with Crippen LogP contribution in [-0.4, -0.2) is 45.9 Å². The molecular weight excluding hydrogens is 296 g/mol. The molecule has 1 heterocycles. The molecule has 0 aliphatic rings. The van der Waals surface area contributed by atoms with Crippen LogP contribution in [0.2, 0.25) is 0 Å². The predicted octanol–water partition coefficient (Wildman–Crippen LogP) is 1.63. The van der Waals surface area contributed by atoms with Gasteiger partial charge in [-0.1, -0.05) is 23.4 Å². The van der Waals surface area contributed by atoms with Gasteiger partial charge in [0.2, 0.25) is 5.91 Å². The van der Waals surface area contributed by atoms with E-state index in [1.54, 1.807) is 14.1 Å². The van der Waals surface area contributed by atoms with Gasteiger partial charge < -0.3 is 10.2 Å². The van der Waals surface area contributed by atoms with Gasteiger partial charge in [0.1, 0.15) is 6.54 Å². The Kier molecular flexibility index (Phi) is 4.95. The summed E-state index contributed by atoms with van der Waals surface area (Å²) in [4.78, 5) is 25.0. The molecule has 3 amide bonds. The summed E-state index contributed by atoms with van der Waals surface area (Å²) in [5, 5.41) is 13.1. The minimum atomic E-state index is -0.308. The van der Waals surface area contributed by atoms with Crippen LogP contribution in [0.3, 0.4) is 0 Å². The molecule has 0 unspecified atom stereocenters. The molecule has 0 fully saturated rings. The van der Waals surface area contributed by atoms with Crippen LogP contribution in [0, 0.1) is 13.8 Å². The Morgan fingerprint density at radius 1 is 1.17 bits per heavy atom. The lowest BCUT2D eigenvalue weighted by Gasteiger charge is -2.11. The maximum atomic E-state index is 12.1. The van der Waals surface area contributed by atoms with Gasteiger partial charge in [-0.05, 0) is 25.0 Å². The van der Waals surface area contributed by atoms with Crippen molar-refractivity contribution < 1.29 is 9.59 Å². The Labute approximate surface area is 134 Å². The van der Waals surface area contributed by atoms with Crippen LogP contribution in [0.5, 0.6) is 0 Å². The lowest BCUT2D eigenvalue weighted by atomic mass is 10.1. The fourth-order valence-electron chi connectivity index (χ4n) is 1.99. The Morgan fingerprint density at radius 2 is 1.83 bits per heavy atom. The molecule has 0 saturated heterocycles. The molecule has 1 aromatic heterocycles. The summed E-state index contributed by atoms with van der Waals surface area (Å²) in [5.74, 6) is 0.0846. The number of nitrogens with one attached hydrogen (secondary N) is 2. The molecule has 0 saturated carbocycles. The number of para-hydroxylation sites is 1. The number of benzene rings is 1. The van der Waals surface area contributed by atoms with Gasteiger partial charge >= 0.3 is 6.03 Å². The van der Waals surface area contributed by atoms with E-state index in [0.717, 1.165) is 16.8 Å². The molecule has 0 atom stereocenters. The Morgan fingerprint density at radius 3 is 2.43 bits per heavy atom. The zero-order chi connectivity index (χ0) is 17.0. The first-order valence-electron chi connectivity index (χ1n) is 7.11. The van der Waals surface area contributed by atoms with Crippen LogP contribution in [0.15, 0.2) is 24.4 Å². The summed E-state index contributed by atoms with van der Waals surface area (Å²) >= 11 is 0. The van der Waals surface area contributed by atoms with E-state index in [1.165, 1.54) is 15.8 Å². The summed E-state index contributed by atoms with van der Waals surface area (Å²) < 4.78 is 1.37. The maximum Gasteiger partial charge on any atom is 0.322 e. The quantitative estimate of drug-likeness (QED) is 0.896. The number of carbonyl (C=O) groups excluding carboxylic acids is 2. The number of aryl methyl sites for hydroxylation is 2. The van der Waals surface area contributed by atoms with Crippen molar-refractivity contribution in [2.24, 2.45) is 0 Å². The van der Waals surface area contributed by atoms with E-state index in [4.69, 9.17) is 0 Å². The highest BCUT2D eigenvalue weighted by Crippen LogP contribution is 2.19. The van der Waals surface area contributed by atoms with E-state index >= 15 is 0 Å². The van der Waals surface area contributed by atoms with Crippen LogP contribution in [-0.2, 0) is 11.3 Å². The third-order valence-electron chi connectivity index (χ3n) is 3.23. The zero-order valence-electron chi connectivity index (χ0n) is 13.6. The van der Waals surface area contributed by atoms with Crippen molar-refractivity contribution in [3.05, 3.63) is 35.5 Å². The molecule has 2 N–H and O–H groups in total. The number of hydrogen-bond donors (Lipinski definition) is 2. The third-order valence-corrected chi connectivity index (χ3v) is 3.23. The van der Waals surface area contributed by atoms with E-state index in [0.29, 0.717) is 5.82 Å². The van der Waals surface area contributed by atoms with E-state index in [1.807, 2.05) is 32.0 Å². The second kappa shape index (κ2) is 6.91. The molecule has 8 heteroatoms. The normalized spacial score (nSPS) is 10.3. The van der Waals surface area contributed by atoms with Crippen molar-refractivity contribution in [1.82, 2.24) is 19.9 Å². The van der Waals surface area contributed by atoms with Gasteiger partial charge in [-0.15, -0.1) is 5.10 Å². The molecular formula is C15H20N6O2. The topological polar surface area (TPSA) is 92.2 Å². The van der Waals surface area contributed by atoms with Crippen molar-refractivity contribution in [3.63, 3.8) is 0 Å². The molecule has 0 radical (unpaired) electrons. The molecule has 0 bridgehead atoms. The number of anilines is 2. The lowest BCUT2D eigenvalue weighted by Crippen LogP contribution is -2.27. The molecule has 2 rings (SSSR count). The minimum absolute atomic E-state index is 0.0125. The Hall–Kier alpha value is -2.90. The van der Waals surface area contributed by atoms with E-state index in [-0.39, 0.29) is 18.5 Å². The van der Waals surface area contributed by atoms with Crippen molar-refractivity contribution in [1.29, 1.82) is 0 Å². The van der Waals surface area contributed by atoms with E-state index in [2.05, 4.69) is 20.9 Å². The predicted molar refractivity (Wildman–Crippen MR) is 87.3 cm³/mol. The average Bonchev–Trinajstić information content (AvgIpc) is 2.90. The molecule has 1 aromatic carbocycles. The molecule has 0 aliphatic heterocycles. The molecule has 0 aliphatic carbocycles. The number of amides is 3. The second-order valence-electron chi connectivity index (χ2n) is 5.44. The number of nitrogens with zero attached hydrogens (tertiary/aromatic N) is 4. The van der Waals surface area contributed by atoms with Crippen LogP contribution in [0.4, 0.5) is 16.3 Å². The first-order chi connectivity index (χ1) is 10.9. The van der Waals surface area contributed by atoms with Gasteiger partial charge in [-0.2, -0.15) is 0 Å². The molecule has 0 spiro atoms. The molecule has 122 valence electrons. The summed E-state index contributed by atoms with van der Waals surface area (Å²) in [7, 11) is 3.25. The molecule has 8 nitrogen and oxygen atoms in total. The van der Waals surface area contributed by atoms with Gasteiger partial charge in [-0.25, -0.2) is 9.48 Å². The first kappa shape index (κ1) is 16.5. The highest BCUT2D eigenvalue weighted by Gasteiger charge is 2.11. The number of rotatable bonds is 4. The van der Waals surface area contributed by atoms with E-state index < -0.39 is 0 Å². The first-order valence-corrected chi connectivity index (χ1v) is 7.11. The molecule has 23 heavy (non-hydrogen) atoms. The third kappa shape index (κ3) is 4.29. The maximum absolute atomic E-state index is 12.1. The second-order valence-corrected chi connectivity index (χ2v) is 5.44. The van der Waals surface area contributed by atoms with Crippen LogP contribution >= 0.6 is 0 Å². The van der Waals surface area contributed by atoms with Crippen molar-refractivity contribution in [2.75, 3.05) is 24.7 Å². The highest BCUT2D eigenvalue weighted by atomic mass is 16.2. The van der Waals surface area contributed by atoms with Crippen molar-refractivity contribution in [3.8, 4) is 0 Å². The summed E-state index contributed by atoms with van der Waals surface area (Å²) in [6, 6.07) is 5.51.